The van der Waals surface area contributed by atoms with Crippen molar-refractivity contribution in [3.8, 4) is 0 Å². The Morgan fingerprint density at radius 3 is 2.71 bits per heavy atom. The second-order valence-corrected chi connectivity index (χ2v) is 6.51. The van der Waals surface area contributed by atoms with Gasteiger partial charge in [0.25, 0.3) is 0 Å². The van der Waals surface area contributed by atoms with Gasteiger partial charge in [-0.3, -0.25) is 0 Å². The molecule has 3 rings (SSSR count). The van der Waals surface area contributed by atoms with Gasteiger partial charge in [-0.15, -0.1) is 0 Å². The van der Waals surface area contributed by atoms with Gasteiger partial charge in [0, 0.05) is 18.7 Å². The third kappa shape index (κ3) is 3.27. The van der Waals surface area contributed by atoms with Gasteiger partial charge in [-0.25, -0.2) is 8.78 Å². The molecule has 0 amide bonds. The second kappa shape index (κ2) is 6.41. The number of fused-ring (bicyclic) bond motifs is 1. The molecule has 0 bridgehead atoms. The lowest BCUT2D eigenvalue weighted by Gasteiger charge is -2.41. The monoisotopic (exact) mass is 295 g/mol. The highest BCUT2D eigenvalue weighted by Crippen LogP contribution is 2.36. The van der Waals surface area contributed by atoms with Crippen LogP contribution in [0.5, 0.6) is 0 Å². The molecule has 1 aliphatic carbocycles. The summed E-state index contributed by atoms with van der Waals surface area (Å²) in [6, 6.07) is 4.00. The summed E-state index contributed by atoms with van der Waals surface area (Å²) in [4.78, 5) is 2.21. The van der Waals surface area contributed by atoms with Crippen LogP contribution in [0, 0.1) is 23.5 Å². The van der Waals surface area contributed by atoms with E-state index in [0.717, 1.165) is 31.0 Å². The van der Waals surface area contributed by atoms with E-state index in [-0.39, 0.29) is 5.56 Å². The molecule has 4 heteroatoms. The molecule has 0 aromatic heterocycles. The maximum Gasteiger partial charge on any atom is 0.164 e. The van der Waals surface area contributed by atoms with E-state index >= 15 is 0 Å². The minimum absolute atomic E-state index is 0.0702. The van der Waals surface area contributed by atoms with Crippen molar-refractivity contribution in [1.29, 1.82) is 0 Å². The maximum atomic E-state index is 13.7. The molecule has 21 heavy (non-hydrogen) atoms. The molecule has 2 nitrogen and oxygen atoms in total. The Kier molecular flexibility index (Phi) is 4.55. The third-order valence-corrected chi connectivity index (χ3v) is 5.15. The average molecular weight is 295 g/mol. The van der Waals surface area contributed by atoms with Crippen molar-refractivity contribution < 1.29 is 13.9 Å². The summed E-state index contributed by atoms with van der Waals surface area (Å²) >= 11 is 0. The average Bonchev–Trinajstić information content (AvgIpc) is 2.50. The van der Waals surface area contributed by atoms with Crippen LogP contribution in [0.3, 0.4) is 0 Å². The Labute approximate surface area is 124 Å². The van der Waals surface area contributed by atoms with Gasteiger partial charge in [-0.1, -0.05) is 31.4 Å². The summed E-state index contributed by atoms with van der Waals surface area (Å²) < 4.78 is 27.0. The van der Waals surface area contributed by atoms with Gasteiger partial charge in [0.2, 0.25) is 0 Å². The molecule has 1 N–H and O–H groups in total. The number of halogens is 2. The number of benzene rings is 1. The Morgan fingerprint density at radius 2 is 1.90 bits per heavy atom. The standard InChI is InChI=1S/C17H23F2NO/c18-15-7-3-6-14(17(15)19)16(21)11-20-9-8-12-4-1-2-5-13(12)10-20/h3,6-7,12-13,16,21H,1-2,4-5,8-11H2. The van der Waals surface area contributed by atoms with E-state index in [4.69, 9.17) is 0 Å². The minimum Gasteiger partial charge on any atom is -0.387 e. The predicted molar refractivity (Wildman–Crippen MR) is 77.8 cm³/mol. The van der Waals surface area contributed by atoms with Crippen LogP contribution >= 0.6 is 0 Å². The van der Waals surface area contributed by atoms with Gasteiger partial charge in [-0.05, 0) is 37.3 Å². The first-order valence-corrected chi connectivity index (χ1v) is 7.99. The van der Waals surface area contributed by atoms with E-state index in [0.29, 0.717) is 6.54 Å². The molecule has 1 aromatic rings. The van der Waals surface area contributed by atoms with Crippen LogP contribution in [-0.4, -0.2) is 29.6 Å². The Morgan fingerprint density at radius 1 is 1.14 bits per heavy atom. The van der Waals surface area contributed by atoms with Gasteiger partial charge in [0.15, 0.2) is 11.6 Å². The molecule has 1 heterocycles. The van der Waals surface area contributed by atoms with Crippen molar-refractivity contribution in [3.05, 3.63) is 35.4 Å². The molecule has 116 valence electrons. The minimum atomic E-state index is -0.958. The topological polar surface area (TPSA) is 23.5 Å². The molecular formula is C17H23F2NO. The summed E-state index contributed by atoms with van der Waals surface area (Å²) in [5, 5.41) is 10.2. The first-order chi connectivity index (χ1) is 10.1. The first kappa shape index (κ1) is 14.9. The van der Waals surface area contributed by atoms with Crippen LogP contribution in [0.25, 0.3) is 0 Å². The van der Waals surface area contributed by atoms with Gasteiger partial charge in [-0.2, -0.15) is 0 Å². The Bertz CT molecular complexity index is 494. The van der Waals surface area contributed by atoms with Crippen LogP contribution in [-0.2, 0) is 0 Å². The number of aliphatic hydroxyl groups excluding tert-OH is 1. The number of nitrogens with zero attached hydrogens (tertiary/aromatic N) is 1. The summed E-state index contributed by atoms with van der Waals surface area (Å²) in [7, 11) is 0. The second-order valence-electron chi connectivity index (χ2n) is 6.51. The molecular weight excluding hydrogens is 272 g/mol. The first-order valence-electron chi connectivity index (χ1n) is 7.99. The molecule has 1 aromatic carbocycles. The van der Waals surface area contributed by atoms with Gasteiger partial charge in [0.05, 0.1) is 6.10 Å². The highest BCUT2D eigenvalue weighted by molar-refractivity contribution is 5.21. The van der Waals surface area contributed by atoms with E-state index in [1.54, 1.807) is 0 Å². The third-order valence-electron chi connectivity index (χ3n) is 5.15. The number of β-amino-alcohol motifs (C(OH)–C–C–N with tert-alkyl or cyclic N) is 1. The fourth-order valence-electron chi connectivity index (χ4n) is 3.96. The molecule has 0 radical (unpaired) electrons. The zero-order valence-electron chi connectivity index (χ0n) is 12.3. The molecule has 3 atom stereocenters. The van der Waals surface area contributed by atoms with Crippen LogP contribution in [0.1, 0.15) is 43.8 Å². The fraction of sp³-hybridized carbons (Fsp3) is 0.647. The SMILES string of the molecule is OC(CN1CCC2CCCCC2C1)c1cccc(F)c1F. The molecule has 1 aliphatic heterocycles. The largest absolute Gasteiger partial charge is 0.387 e. The lowest BCUT2D eigenvalue weighted by molar-refractivity contribution is 0.0446. The predicted octanol–water partition coefficient (Wildman–Crippen LogP) is 3.51. The van der Waals surface area contributed by atoms with Crippen molar-refractivity contribution in [2.45, 2.75) is 38.2 Å². The molecule has 1 saturated carbocycles. The zero-order valence-corrected chi connectivity index (χ0v) is 12.3. The van der Waals surface area contributed by atoms with Crippen molar-refractivity contribution in [2.75, 3.05) is 19.6 Å². The number of rotatable bonds is 3. The van der Waals surface area contributed by atoms with Crippen LogP contribution < -0.4 is 0 Å². The maximum absolute atomic E-state index is 13.7. The molecule has 0 spiro atoms. The number of hydrogen-bond acceptors (Lipinski definition) is 2. The van der Waals surface area contributed by atoms with E-state index in [2.05, 4.69) is 4.90 Å². The van der Waals surface area contributed by atoms with E-state index < -0.39 is 17.7 Å². The molecule has 3 unspecified atom stereocenters. The molecule has 1 saturated heterocycles. The zero-order chi connectivity index (χ0) is 14.8. The Balaban J connectivity index is 1.62. The van der Waals surface area contributed by atoms with Gasteiger partial charge in [0.1, 0.15) is 0 Å². The highest BCUT2D eigenvalue weighted by atomic mass is 19.2. The lowest BCUT2D eigenvalue weighted by Crippen LogP contribution is -2.43. The number of likely N-dealkylation sites (tertiary alicyclic amines) is 1. The number of piperidine rings is 1. The highest BCUT2D eigenvalue weighted by Gasteiger charge is 2.32. The van der Waals surface area contributed by atoms with Gasteiger partial charge < -0.3 is 10.0 Å². The normalized spacial score (nSPS) is 28.1. The van der Waals surface area contributed by atoms with Gasteiger partial charge >= 0.3 is 0 Å². The van der Waals surface area contributed by atoms with Crippen LogP contribution in [0.4, 0.5) is 8.78 Å². The van der Waals surface area contributed by atoms with Crippen LogP contribution in [0.15, 0.2) is 18.2 Å². The smallest absolute Gasteiger partial charge is 0.164 e. The quantitative estimate of drug-likeness (QED) is 0.922. The number of hydrogen-bond donors (Lipinski definition) is 1. The summed E-state index contributed by atoms with van der Waals surface area (Å²) in [6.07, 6.45) is 5.46. The van der Waals surface area contributed by atoms with Crippen LogP contribution in [0.2, 0.25) is 0 Å². The summed E-state index contributed by atoms with van der Waals surface area (Å²) in [5.41, 5.74) is 0.0702. The lowest BCUT2D eigenvalue weighted by atomic mass is 9.75. The van der Waals surface area contributed by atoms with E-state index in [1.165, 1.54) is 44.2 Å². The van der Waals surface area contributed by atoms with Crippen molar-refractivity contribution in [1.82, 2.24) is 4.90 Å². The van der Waals surface area contributed by atoms with Crippen molar-refractivity contribution in [2.24, 2.45) is 11.8 Å². The fourth-order valence-corrected chi connectivity index (χ4v) is 3.96. The molecule has 2 fully saturated rings. The number of aliphatic hydroxyl groups is 1. The van der Waals surface area contributed by atoms with E-state index in [9.17, 15) is 13.9 Å². The summed E-state index contributed by atoms with van der Waals surface area (Å²) in [6.45, 7) is 2.33. The molecule has 2 aliphatic rings. The summed E-state index contributed by atoms with van der Waals surface area (Å²) in [5.74, 6) is -0.259. The Hall–Kier alpha value is -1.00. The van der Waals surface area contributed by atoms with Crippen molar-refractivity contribution in [3.63, 3.8) is 0 Å². The van der Waals surface area contributed by atoms with E-state index in [1.807, 2.05) is 0 Å². The van der Waals surface area contributed by atoms with Crippen molar-refractivity contribution >= 4 is 0 Å².